The van der Waals surface area contributed by atoms with Gasteiger partial charge in [-0.2, -0.15) is 0 Å². The van der Waals surface area contributed by atoms with Crippen LogP contribution in [0.2, 0.25) is 0 Å². The van der Waals surface area contributed by atoms with Gasteiger partial charge in [0.1, 0.15) is 5.75 Å². The summed E-state index contributed by atoms with van der Waals surface area (Å²) < 4.78 is 5.93. The van der Waals surface area contributed by atoms with Gasteiger partial charge in [0.2, 0.25) is 0 Å². The van der Waals surface area contributed by atoms with E-state index in [2.05, 4.69) is 45.3 Å². The molecule has 4 nitrogen and oxygen atoms in total. The van der Waals surface area contributed by atoms with Crippen LogP contribution >= 0.6 is 0 Å². The molecule has 0 fully saturated rings. The lowest BCUT2D eigenvalue weighted by molar-refractivity contribution is 0.254. The van der Waals surface area contributed by atoms with Crippen molar-refractivity contribution in [2.45, 2.75) is 45.4 Å². The Labute approximate surface area is 120 Å². The molecule has 0 radical (unpaired) electrons. The molecular weight excluding hydrogens is 252 g/mol. The molecule has 0 aromatic heterocycles. The van der Waals surface area contributed by atoms with Crippen molar-refractivity contribution in [3.8, 4) is 5.75 Å². The average molecular weight is 276 g/mol. The summed E-state index contributed by atoms with van der Waals surface area (Å²) >= 11 is 0. The van der Waals surface area contributed by atoms with Crippen LogP contribution in [0.1, 0.15) is 45.7 Å². The van der Waals surface area contributed by atoms with Gasteiger partial charge in [-0.05, 0) is 17.5 Å². The van der Waals surface area contributed by atoms with Crippen molar-refractivity contribution < 1.29 is 9.53 Å². The van der Waals surface area contributed by atoms with Crippen molar-refractivity contribution in [2.75, 3.05) is 19.0 Å². The molecule has 1 heterocycles. The number of hydrogen-bond donors (Lipinski definition) is 2. The minimum Gasteiger partial charge on any atom is -0.492 e. The second kappa shape index (κ2) is 4.69. The van der Waals surface area contributed by atoms with Gasteiger partial charge >= 0.3 is 6.03 Å². The number of amides is 2. The Hall–Kier alpha value is -1.71. The van der Waals surface area contributed by atoms with Gasteiger partial charge in [0, 0.05) is 29.3 Å². The van der Waals surface area contributed by atoms with Crippen molar-refractivity contribution in [3.05, 3.63) is 23.3 Å². The van der Waals surface area contributed by atoms with Crippen LogP contribution in [-0.4, -0.2) is 19.7 Å². The highest BCUT2D eigenvalue weighted by atomic mass is 16.5. The van der Waals surface area contributed by atoms with Crippen molar-refractivity contribution in [3.63, 3.8) is 0 Å². The Morgan fingerprint density at radius 3 is 2.50 bits per heavy atom. The quantitative estimate of drug-likeness (QED) is 0.826. The first-order valence-electron chi connectivity index (χ1n) is 6.96. The highest BCUT2D eigenvalue weighted by Crippen LogP contribution is 2.46. The van der Waals surface area contributed by atoms with Crippen LogP contribution in [0.5, 0.6) is 5.75 Å². The smallest absolute Gasteiger partial charge is 0.318 e. The van der Waals surface area contributed by atoms with Crippen LogP contribution in [-0.2, 0) is 10.8 Å². The van der Waals surface area contributed by atoms with Gasteiger partial charge in [-0.15, -0.1) is 0 Å². The summed E-state index contributed by atoms with van der Waals surface area (Å²) in [5.41, 5.74) is 3.04. The number of fused-ring (bicyclic) bond motifs is 1. The monoisotopic (exact) mass is 276 g/mol. The maximum absolute atomic E-state index is 11.6. The normalized spacial score (nSPS) is 16.3. The zero-order valence-corrected chi connectivity index (χ0v) is 13.2. The number of carbonyl (C=O) groups excluding carboxylic acids is 1. The van der Waals surface area contributed by atoms with Gasteiger partial charge in [-0.25, -0.2) is 4.79 Å². The summed E-state index contributed by atoms with van der Waals surface area (Å²) in [6, 6.07) is 3.82. The highest BCUT2D eigenvalue weighted by Gasteiger charge is 2.36. The summed E-state index contributed by atoms with van der Waals surface area (Å²) in [6.45, 7) is 11.5. The summed E-state index contributed by atoms with van der Waals surface area (Å²) in [6.07, 6.45) is 0. The predicted octanol–water partition coefficient (Wildman–Crippen LogP) is 3.41. The van der Waals surface area contributed by atoms with Crippen molar-refractivity contribution in [2.24, 2.45) is 0 Å². The molecule has 0 atom stereocenters. The van der Waals surface area contributed by atoms with Crippen LogP contribution in [0.15, 0.2) is 12.1 Å². The molecule has 1 aromatic carbocycles. The van der Waals surface area contributed by atoms with Crippen molar-refractivity contribution >= 4 is 11.7 Å². The van der Waals surface area contributed by atoms with E-state index in [1.165, 1.54) is 0 Å². The molecule has 1 aliphatic heterocycles. The molecule has 0 saturated heterocycles. The fourth-order valence-electron chi connectivity index (χ4n) is 2.44. The number of carbonyl (C=O) groups is 1. The summed E-state index contributed by atoms with van der Waals surface area (Å²) in [5, 5.41) is 5.44. The Kier molecular flexibility index (Phi) is 3.44. The molecule has 0 saturated carbocycles. The summed E-state index contributed by atoms with van der Waals surface area (Å²) in [5.74, 6) is 0.977. The molecule has 2 N–H and O–H groups in total. The second-order valence-corrected chi connectivity index (χ2v) is 7.03. The number of urea groups is 1. The van der Waals surface area contributed by atoms with Gasteiger partial charge in [0.05, 0.1) is 6.61 Å². The van der Waals surface area contributed by atoms with Gasteiger partial charge in [-0.1, -0.05) is 34.6 Å². The molecule has 4 heteroatoms. The van der Waals surface area contributed by atoms with E-state index in [1.54, 1.807) is 7.05 Å². The van der Waals surface area contributed by atoms with Gasteiger partial charge in [-0.3, -0.25) is 0 Å². The highest BCUT2D eigenvalue weighted by molar-refractivity contribution is 5.89. The lowest BCUT2D eigenvalue weighted by Crippen LogP contribution is -2.25. The first-order chi connectivity index (χ1) is 9.15. The SMILES string of the molecule is CNC(=O)Nc1cc(C(C)(C)C)c2c(c1)C(C)(C)CO2. The first kappa shape index (κ1) is 14.7. The number of benzene rings is 1. The van der Waals surface area contributed by atoms with E-state index in [4.69, 9.17) is 4.74 Å². The molecule has 110 valence electrons. The Morgan fingerprint density at radius 1 is 1.30 bits per heavy atom. The van der Waals surface area contributed by atoms with E-state index < -0.39 is 0 Å². The fourth-order valence-corrected chi connectivity index (χ4v) is 2.44. The van der Waals surface area contributed by atoms with Crippen LogP contribution in [0.4, 0.5) is 10.5 Å². The van der Waals surface area contributed by atoms with E-state index in [-0.39, 0.29) is 16.9 Å². The fraction of sp³-hybridized carbons (Fsp3) is 0.562. The number of ether oxygens (including phenoxy) is 1. The molecule has 0 spiro atoms. The van der Waals surface area contributed by atoms with Crippen LogP contribution in [0.3, 0.4) is 0 Å². The Morgan fingerprint density at radius 2 is 1.95 bits per heavy atom. The molecule has 1 aliphatic rings. The summed E-state index contributed by atoms with van der Waals surface area (Å²) in [4.78, 5) is 11.6. The van der Waals surface area contributed by atoms with Gasteiger partial charge < -0.3 is 15.4 Å². The molecule has 2 amide bonds. The molecule has 1 aromatic rings. The first-order valence-corrected chi connectivity index (χ1v) is 6.96. The van der Waals surface area contributed by atoms with E-state index in [0.717, 1.165) is 22.6 Å². The van der Waals surface area contributed by atoms with E-state index >= 15 is 0 Å². The number of hydrogen-bond acceptors (Lipinski definition) is 2. The number of rotatable bonds is 1. The minimum atomic E-state index is -0.207. The average Bonchev–Trinajstić information content (AvgIpc) is 2.63. The van der Waals surface area contributed by atoms with E-state index in [1.807, 2.05) is 12.1 Å². The maximum Gasteiger partial charge on any atom is 0.318 e. The Bertz CT molecular complexity index is 542. The standard InChI is InChI=1S/C16H24N2O2/c1-15(2,3)11-7-10(18-14(19)17-6)8-12-13(11)20-9-16(12,4)5/h7-8H,9H2,1-6H3,(H2,17,18,19). The molecule has 20 heavy (non-hydrogen) atoms. The molecular formula is C16H24N2O2. The van der Waals surface area contributed by atoms with E-state index in [9.17, 15) is 4.79 Å². The topological polar surface area (TPSA) is 50.4 Å². The van der Waals surface area contributed by atoms with Crippen LogP contribution in [0.25, 0.3) is 0 Å². The third-order valence-electron chi connectivity index (χ3n) is 3.69. The third-order valence-corrected chi connectivity index (χ3v) is 3.69. The molecule has 0 aliphatic carbocycles. The van der Waals surface area contributed by atoms with Gasteiger partial charge in [0.15, 0.2) is 0 Å². The van der Waals surface area contributed by atoms with Gasteiger partial charge in [0.25, 0.3) is 0 Å². The largest absolute Gasteiger partial charge is 0.492 e. The number of anilines is 1. The minimum absolute atomic E-state index is 0.0320. The number of nitrogens with one attached hydrogen (secondary N) is 2. The van der Waals surface area contributed by atoms with Crippen LogP contribution < -0.4 is 15.4 Å². The van der Waals surface area contributed by atoms with Crippen molar-refractivity contribution in [1.29, 1.82) is 0 Å². The molecule has 0 unspecified atom stereocenters. The molecule has 2 rings (SSSR count). The zero-order valence-electron chi connectivity index (χ0n) is 13.2. The molecule has 0 bridgehead atoms. The second-order valence-electron chi connectivity index (χ2n) is 7.03. The van der Waals surface area contributed by atoms with E-state index in [0.29, 0.717) is 6.61 Å². The lowest BCUT2D eigenvalue weighted by Gasteiger charge is -2.24. The van der Waals surface area contributed by atoms with Crippen molar-refractivity contribution in [1.82, 2.24) is 5.32 Å². The maximum atomic E-state index is 11.6. The summed E-state index contributed by atoms with van der Waals surface area (Å²) in [7, 11) is 1.61. The zero-order chi connectivity index (χ0) is 15.1. The Balaban J connectivity index is 2.56. The lowest BCUT2D eigenvalue weighted by atomic mass is 9.80. The van der Waals surface area contributed by atoms with Crippen LogP contribution in [0, 0.1) is 0 Å². The predicted molar refractivity (Wildman–Crippen MR) is 81.7 cm³/mol. The third kappa shape index (κ3) is 2.60.